The van der Waals surface area contributed by atoms with Crippen LogP contribution in [-0.2, 0) is 12.8 Å². The van der Waals surface area contributed by atoms with Gasteiger partial charge in [-0.25, -0.2) is 8.78 Å². The first kappa shape index (κ1) is 14.0. The van der Waals surface area contributed by atoms with Crippen molar-refractivity contribution in [1.29, 1.82) is 0 Å². The third-order valence-electron chi connectivity index (χ3n) is 3.88. The summed E-state index contributed by atoms with van der Waals surface area (Å²) in [6.07, 6.45) is 3.35. The Hall–Kier alpha value is -1.94. The summed E-state index contributed by atoms with van der Waals surface area (Å²) in [7, 11) is 0. The Balaban J connectivity index is 1.68. The highest BCUT2D eigenvalue weighted by Crippen LogP contribution is 2.26. The summed E-state index contributed by atoms with van der Waals surface area (Å²) in [6, 6.07) is 9.28. The molecule has 1 atom stereocenters. The average molecular weight is 289 g/mol. The van der Waals surface area contributed by atoms with Gasteiger partial charge in [-0.2, -0.15) is 0 Å². The molecule has 2 N–H and O–H groups in total. The Morgan fingerprint density at radius 1 is 1.10 bits per heavy atom. The number of ether oxygens (including phenoxy) is 1. The van der Waals surface area contributed by atoms with Crippen molar-refractivity contribution in [2.75, 3.05) is 6.61 Å². The van der Waals surface area contributed by atoms with E-state index in [1.807, 2.05) is 12.1 Å². The minimum Gasteiger partial charge on any atom is -0.492 e. The summed E-state index contributed by atoms with van der Waals surface area (Å²) in [4.78, 5) is 0. The molecule has 0 bridgehead atoms. The highest BCUT2D eigenvalue weighted by molar-refractivity contribution is 5.38. The Morgan fingerprint density at radius 3 is 2.76 bits per heavy atom. The zero-order valence-electron chi connectivity index (χ0n) is 11.6. The second kappa shape index (κ2) is 5.82. The zero-order chi connectivity index (χ0) is 14.8. The van der Waals surface area contributed by atoms with Gasteiger partial charge in [0.1, 0.15) is 12.4 Å². The summed E-state index contributed by atoms with van der Waals surface area (Å²) >= 11 is 0. The molecule has 0 aromatic heterocycles. The van der Waals surface area contributed by atoms with E-state index in [-0.39, 0.29) is 12.2 Å². The Bertz CT molecular complexity index is 657. The maximum Gasteiger partial charge on any atom is 0.163 e. The second-order valence-electron chi connectivity index (χ2n) is 5.34. The molecule has 0 aliphatic heterocycles. The predicted octanol–water partition coefficient (Wildman–Crippen LogP) is 3.53. The lowest BCUT2D eigenvalue weighted by Crippen LogP contribution is -2.20. The molecule has 1 aliphatic carbocycles. The van der Waals surface area contributed by atoms with Gasteiger partial charge in [-0.3, -0.25) is 0 Å². The molecular formula is C17H17F2NO. The van der Waals surface area contributed by atoms with Gasteiger partial charge in [0.15, 0.2) is 11.6 Å². The quantitative estimate of drug-likeness (QED) is 0.934. The molecule has 4 heteroatoms. The van der Waals surface area contributed by atoms with Crippen LogP contribution in [0.5, 0.6) is 5.75 Å². The second-order valence-corrected chi connectivity index (χ2v) is 5.34. The summed E-state index contributed by atoms with van der Waals surface area (Å²) in [5, 5.41) is 0. The largest absolute Gasteiger partial charge is 0.492 e. The van der Waals surface area contributed by atoms with E-state index in [1.165, 1.54) is 29.7 Å². The van der Waals surface area contributed by atoms with E-state index in [0.717, 1.165) is 24.7 Å². The zero-order valence-corrected chi connectivity index (χ0v) is 11.6. The van der Waals surface area contributed by atoms with E-state index in [2.05, 4.69) is 6.07 Å². The maximum atomic E-state index is 13.6. The van der Waals surface area contributed by atoms with Crippen LogP contribution in [0.3, 0.4) is 0 Å². The molecule has 3 rings (SSSR count). The molecule has 1 aliphatic rings. The molecule has 0 fully saturated rings. The Morgan fingerprint density at radius 2 is 1.90 bits per heavy atom. The molecule has 2 aromatic rings. The number of hydrogen-bond acceptors (Lipinski definition) is 2. The fourth-order valence-electron chi connectivity index (χ4n) is 2.72. The number of nitrogens with two attached hydrogens (primary N) is 1. The van der Waals surface area contributed by atoms with Crippen molar-refractivity contribution >= 4 is 0 Å². The van der Waals surface area contributed by atoms with Gasteiger partial charge in [0.2, 0.25) is 0 Å². The van der Waals surface area contributed by atoms with Gasteiger partial charge in [0.25, 0.3) is 0 Å². The SMILES string of the molecule is NC(COc1ccc2c(c1)CCC2)c1cccc(F)c1F. The third kappa shape index (κ3) is 2.90. The summed E-state index contributed by atoms with van der Waals surface area (Å²) < 4.78 is 32.5. The predicted molar refractivity (Wildman–Crippen MR) is 77.2 cm³/mol. The molecule has 2 aromatic carbocycles. The summed E-state index contributed by atoms with van der Waals surface area (Å²) in [6.45, 7) is 0.110. The lowest BCUT2D eigenvalue weighted by molar-refractivity contribution is 0.286. The van der Waals surface area contributed by atoms with E-state index < -0.39 is 17.7 Å². The van der Waals surface area contributed by atoms with Crippen molar-refractivity contribution in [1.82, 2.24) is 0 Å². The minimum absolute atomic E-state index is 0.110. The topological polar surface area (TPSA) is 35.2 Å². The monoisotopic (exact) mass is 289 g/mol. The molecule has 0 amide bonds. The Kier molecular flexibility index (Phi) is 3.88. The van der Waals surface area contributed by atoms with Gasteiger partial charge in [0, 0.05) is 5.56 Å². The summed E-state index contributed by atoms with van der Waals surface area (Å²) in [5.41, 5.74) is 8.70. The highest BCUT2D eigenvalue weighted by Gasteiger charge is 2.16. The number of fused-ring (bicyclic) bond motifs is 1. The van der Waals surface area contributed by atoms with Crippen LogP contribution in [0.4, 0.5) is 8.78 Å². The molecule has 21 heavy (non-hydrogen) atoms. The molecule has 2 nitrogen and oxygen atoms in total. The number of rotatable bonds is 4. The maximum absolute atomic E-state index is 13.6. The van der Waals surface area contributed by atoms with Crippen LogP contribution >= 0.6 is 0 Å². The van der Waals surface area contributed by atoms with Crippen molar-refractivity contribution in [3.8, 4) is 5.75 Å². The average Bonchev–Trinajstić information content (AvgIpc) is 2.95. The van der Waals surface area contributed by atoms with E-state index >= 15 is 0 Å². The van der Waals surface area contributed by atoms with Crippen LogP contribution in [0.2, 0.25) is 0 Å². The molecular weight excluding hydrogens is 272 g/mol. The van der Waals surface area contributed by atoms with E-state index in [4.69, 9.17) is 10.5 Å². The van der Waals surface area contributed by atoms with Gasteiger partial charge >= 0.3 is 0 Å². The van der Waals surface area contributed by atoms with Crippen molar-refractivity contribution in [2.24, 2.45) is 5.73 Å². The van der Waals surface area contributed by atoms with Crippen LogP contribution in [0.15, 0.2) is 36.4 Å². The normalized spacial score (nSPS) is 14.8. The number of hydrogen-bond donors (Lipinski definition) is 1. The molecule has 0 spiro atoms. The first-order valence-corrected chi connectivity index (χ1v) is 7.09. The first-order chi connectivity index (χ1) is 10.1. The van der Waals surface area contributed by atoms with Crippen molar-refractivity contribution in [2.45, 2.75) is 25.3 Å². The molecule has 0 heterocycles. The fourth-order valence-corrected chi connectivity index (χ4v) is 2.72. The molecule has 0 saturated heterocycles. The van der Waals surface area contributed by atoms with Crippen LogP contribution in [0, 0.1) is 11.6 Å². The lowest BCUT2D eigenvalue weighted by Gasteiger charge is -2.15. The van der Waals surface area contributed by atoms with Crippen LogP contribution in [0.25, 0.3) is 0 Å². The fraction of sp³-hybridized carbons (Fsp3) is 0.294. The van der Waals surface area contributed by atoms with Crippen molar-refractivity contribution < 1.29 is 13.5 Å². The lowest BCUT2D eigenvalue weighted by atomic mass is 10.1. The van der Waals surface area contributed by atoms with Crippen molar-refractivity contribution in [3.05, 3.63) is 64.7 Å². The number of benzene rings is 2. The Labute approximate surface area is 122 Å². The minimum atomic E-state index is -0.900. The van der Waals surface area contributed by atoms with Gasteiger partial charge < -0.3 is 10.5 Å². The smallest absolute Gasteiger partial charge is 0.163 e. The number of aryl methyl sites for hydroxylation is 2. The van der Waals surface area contributed by atoms with Gasteiger partial charge in [-0.1, -0.05) is 18.2 Å². The molecule has 1 unspecified atom stereocenters. The van der Waals surface area contributed by atoms with Gasteiger partial charge in [0.05, 0.1) is 6.04 Å². The molecule has 0 radical (unpaired) electrons. The van der Waals surface area contributed by atoms with Crippen molar-refractivity contribution in [3.63, 3.8) is 0 Å². The van der Waals surface area contributed by atoms with E-state index in [0.29, 0.717) is 0 Å². The van der Waals surface area contributed by atoms with Crippen LogP contribution in [-0.4, -0.2) is 6.61 Å². The molecule has 0 saturated carbocycles. The van der Waals surface area contributed by atoms with Gasteiger partial charge in [-0.05, 0) is 48.6 Å². The third-order valence-corrected chi connectivity index (χ3v) is 3.88. The number of halogens is 2. The van der Waals surface area contributed by atoms with Crippen LogP contribution in [0.1, 0.15) is 29.2 Å². The van der Waals surface area contributed by atoms with E-state index in [9.17, 15) is 8.78 Å². The highest BCUT2D eigenvalue weighted by atomic mass is 19.2. The standard InChI is InChI=1S/C17H17F2NO/c18-15-6-2-5-14(17(15)19)16(20)10-21-13-8-7-11-3-1-4-12(11)9-13/h2,5-9,16H,1,3-4,10,20H2. The molecule has 110 valence electrons. The van der Waals surface area contributed by atoms with Crippen LogP contribution < -0.4 is 10.5 Å². The van der Waals surface area contributed by atoms with E-state index in [1.54, 1.807) is 0 Å². The summed E-state index contributed by atoms with van der Waals surface area (Å²) in [5.74, 6) is -1.06. The first-order valence-electron chi connectivity index (χ1n) is 7.09. The van der Waals surface area contributed by atoms with Gasteiger partial charge in [-0.15, -0.1) is 0 Å².